The second-order valence-corrected chi connectivity index (χ2v) is 9.25. The number of hydrogen-bond donors (Lipinski definition) is 0. The highest BCUT2D eigenvalue weighted by molar-refractivity contribution is 5.96. The molecular formula is C28H36N2O4. The normalized spacial score (nSPS) is 18.4. The van der Waals surface area contributed by atoms with E-state index in [4.69, 9.17) is 14.2 Å². The van der Waals surface area contributed by atoms with Crippen LogP contribution < -0.4 is 14.2 Å². The number of benzene rings is 2. The zero-order valence-corrected chi connectivity index (χ0v) is 20.6. The van der Waals surface area contributed by atoms with Crippen molar-refractivity contribution < 1.29 is 19.0 Å². The van der Waals surface area contributed by atoms with E-state index in [0.29, 0.717) is 55.2 Å². The van der Waals surface area contributed by atoms with Gasteiger partial charge in [-0.1, -0.05) is 42.0 Å². The first kappa shape index (κ1) is 24.1. The van der Waals surface area contributed by atoms with Gasteiger partial charge in [0, 0.05) is 31.1 Å². The Morgan fingerprint density at radius 1 is 1.18 bits per heavy atom. The molecule has 6 nitrogen and oxygen atoms in total. The number of likely N-dealkylation sites (tertiary alicyclic amines) is 1. The van der Waals surface area contributed by atoms with E-state index in [-0.39, 0.29) is 5.91 Å². The number of methoxy groups -OCH3 is 1. The van der Waals surface area contributed by atoms with Crippen LogP contribution in [0.1, 0.15) is 48.5 Å². The van der Waals surface area contributed by atoms with Crippen molar-refractivity contribution in [1.82, 2.24) is 9.80 Å². The number of nitrogens with zero attached hydrogens (tertiary/aromatic N) is 2. The highest BCUT2D eigenvalue weighted by Crippen LogP contribution is 2.40. The molecule has 0 radical (unpaired) electrons. The summed E-state index contributed by atoms with van der Waals surface area (Å²) >= 11 is 0. The molecule has 1 amide bonds. The summed E-state index contributed by atoms with van der Waals surface area (Å²) in [6, 6.07) is 14.3. The first-order valence-corrected chi connectivity index (χ1v) is 12.2. The van der Waals surface area contributed by atoms with Crippen LogP contribution in [0.4, 0.5) is 0 Å². The maximum absolute atomic E-state index is 13.8. The van der Waals surface area contributed by atoms with Crippen molar-refractivity contribution in [1.29, 1.82) is 0 Å². The number of ether oxygens (including phenoxy) is 3. The topological polar surface area (TPSA) is 51.2 Å². The van der Waals surface area contributed by atoms with Gasteiger partial charge in [-0.25, -0.2) is 0 Å². The molecule has 1 fully saturated rings. The minimum Gasteiger partial charge on any atom is -0.493 e. The highest BCUT2D eigenvalue weighted by Gasteiger charge is 2.26. The van der Waals surface area contributed by atoms with Gasteiger partial charge in [-0.05, 0) is 57.5 Å². The van der Waals surface area contributed by atoms with Gasteiger partial charge in [0.1, 0.15) is 0 Å². The van der Waals surface area contributed by atoms with Gasteiger partial charge in [0.25, 0.3) is 5.91 Å². The standard InChI is InChI=1S/C28H36N2O4/c1-21(17-22-9-5-4-6-10-22)20-30(14-12-24-11-7-13-29(24)2)28(31)23-18-25(32-3)27-26(19-23)33-15-8-16-34-27/h4-6,9-10,17-19,24H,7-8,11-16,20H2,1-3H3. The Kier molecular flexibility index (Phi) is 8.12. The van der Waals surface area contributed by atoms with E-state index in [1.807, 2.05) is 23.1 Å². The molecule has 182 valence electrons. The zero-order valence-electron chi connectivity index (χ0n) is 20.6. The zero-order chi connectivity index (χ0) is 23.9. The molecule has 1 saturated heterocycles. The van der Waals surface area contributed by atoms with Crippen LogP contribution in [-0.2, 0) is 0 Å². The third-order valence-electron chi connectivity index (χ3n) is 6.62. The lowest BCUT2D eigenvalue weighted by Gasteiger charge is -2.27. The van der Waals surface area contributed by atoms with Gasteiger partial charge >= 0.3 is 0 Å². The van der Waals surface area contributed by atoms with Gasteiger partial charge < -0.3 is 24.0 Å². The van der Waals surface area contributed by atoms with E-state index >= 15 is 0 Å². The van der Waals surface area contributed by atoms with Crippen molar-refractivity contribution in [3.8, 4) is 17.2 Å². The smallest absolute Gasteiger partial charge is 0.254 e. The van der Waals surface area contributed by atoms with Gasteiger partial charge in [-0.2, -0.15) is 0 Å². The second kappa shape index (κ2) is 11.4. The van der Waals surface area contributed by atoms with Crippen LogP contribution >= 0.6 is 0 Å². The van der Waals surface area contributed by atoms with Crippen molar-refractivity contribution in [2.75, 3.05) is 47.0 Å². The predicted octanol–water partition coefficient (Wildman–Crippen LogP) is 4.89. The first-order valence-electron chi connectivity index (χ1n) is 12.2. The monoisotopic (exact) mass is 464 g/mol. The summed E-state index contributed by atoms with van der Waals surface area (Å²) in [6.45, 7) is 5.62. The third kappa shape index (κ3) is 5.92. The molecule has 2 heterocycles. The van der Waals surface area contributed by atoms with Gasteiger partial charge in [0.15, 0.2) is 11.5 Å². The van der Waals surface area contributed by atoms with Gasteiger partial charge in [0.2, 0.25) is 5.75 Å². The van der Waals surface area contributed by atoms with Crippen molar-refractivity contribution in [3.63, 3.8) is 0 Å². The van der Waals surface area contributed by atoms with Crippen LogP contribution in [0.15, 0.2) is 48.0 Å². The number of carbonyl (C=O) groups excluding carboxylic acids is 1. The molecule has 34 heavy (non-hydrogen) atoms. The summed E-state index contributed by atoms with van der Waals surface area (Å²) in [4.78, 5) is 18.2. The van der Waals surface area contributed by atoms with Gasteiger partial charge in [-0.15, -0.1) is 0 Å². The number of fused-ring (bicyclic) bond motifs is 1. The van der Waals surface area contributed by atoms with E-state index in [1.54, 1.807) is 19.2 Å². The summed E-state index contributed by atoms with van der Waals surface area (Å²) < 4.78 is 17.3. The maximum atomic E-state index is 13.8. The van der Waals surface area contributed by atoms with Crippen LogP contribution in [0.25, 0.3) is 6.08 Å². The summed E-state index contributed by atoms with van der Waals surface area (Å²) in [5.41, 5.74) is 2.84. The number of amides is 1. The van der Waals surface area contributed by atoms with Crippen LogP contribution in [0.3, 0.4) is 0 Å². The fourth-order valence-electron chi connectivity index (χ4n) is 4.78. The largest absolute Gasteiger partial charge is 0.493 e. The van der Waals surface area contributed by atoms with E-state index in [9.17, 15) is 4.79 Å². The van der Waals surface area contributed by atoms with E-state index < -0.39 is 0 Å². The lowest BCUT2D eigenvalue weighted by atomic mass is 10.1. The van der Waals surface area contributed by atoms with Crippen LogP contribution in [0, 0.1) is 0 Å². The highest BCUT2D eigenvalue weighted by atomic mass is 16.5. The Labute approximate surface area is 203 Å². The lowest BCUT2D eigenvalue weighted by Crippen LogP contribution is -2.37. The molecular weight excluding hydrogens is 428 g/mol. The molecule has 0 N–H and O–H groups in total. The Morgan fingerprint density at radius 3 is 2.71 bits per heavy atom. The lowest BCUT2D eigenvalue weighted by molar-refractivity contribution is 0.0757. The van der Waals surface area contributed by atoms with Gasteiger partial charge in [0.05, 0.1) is 20.3 Å². The molecule has 2 aliphatic heterocycles. The third-order valence-corrected chi connectivity index (χ3v) is 6.62. The number of carbonyl (C=O) groups is 1. The van der Waals surface area contributed by atoms with Crippen molar-refractivity contribution in [2.45, 2.75) is 38.6 Å². The van der Waals surface area contributed by atoms with Crippen molar-refractivity contribution in [3.05, 3.63) is 59.2 Å². The van der Waals surface area contributed by atoms with Crippen LogP contribution in [0.2, 0.25) is 0 Å². The Morgan fingerprint density at radius 2 is 1.97 bits per heavy atom. The quantitative estimate of drug-likeness (QED) is 0.557. The Hall–Kier alpha value is -2.99. The molecule has 0 saturated carbocycles. The van der Waals surface area contributed by atoms with Crippen LogP contribution in [0.5, 0.6) is 17.2 Å². The molecule has 1 unspecified atom stereocenters. The molecule has 0 aliphatic carbocycles. The minimum atomic E-state index is -0.0181. The van der Waals surface area contributed by atoms with Crippen molar-refractivity contribution in [2.24, 2.45) is 0 Å². The average molecular weight is 465 g/mol. The average Bonchev–Trinajstić information content (AvgIpc) is 3.11. The van der Waals surface area contributed by atoms with E-state index in [1.165, 1.54) is 12.8 Å². The Bertz CT molecular complexity index is 1000. The summed E-state index contributed by atoms with van der Waals surface area (Å²) in [5, 5.41) is 0. The fourth-order valence-corrected chi connectivity index (χ4v) is 4.78. The SMILES string of the molecule is COc1cc(C(=O)N(CCC2CCCN2C)CC(C)=Cc2ccccc2)cc2c1OCCCO2. The molecule has 0 spiro atoms. The van der Waals surface area contributed by atoms with Crippen LogP contribution in [-0.4, -0.2) is 68.8 Å². The molecule has 2 aliphatic rings. The molecule has 6 heteroatoms. The van der Waals surface area contributed by atoms with E-state index in [2.05, 4.69) is 37.1 Å². The minimum absolute atomic E-state index is 0.0181. The molecule has 2 aromatic rings. The molecule has 2 aromatic carbocycles. The second-order valence-electron chi connectivity index (χ2n) is 9.25. The fraction of sp³-hybridized carbons (Fsp3) is 0.464. The molecule has 0 aromatic heterocycles. The first-order chi connectivity index (χ1) is 16.5. The summed E-state index contributed by atoms with van der Waals surface area (Å²) in [5.74, 6) is 1.67. The number of rotatable bonds is 8. The summed E-state index contributed by atoms with van der Waals surface area (Å²) in [6.07, 6.45) is 6.32. The summed E-state index contributed by atoms with van der Waals surface area (Å²) in [7, 11) is 3.78. The van der Waals surface area contributed by atoms with Gasteiger partial charge in [-0.3, -0.25) is 4.79 Å². The maximum Gasteiger partial charge on any atom is 0.254 e. The van der Waals surface area contributed by atoms with E-state index in [0.717, 1.165) is 30.5 Å². The molecule has 4 rings (SSSR count). The Balaban J connectivity index is 1.58. The molecule has 0 bridgehead atoms. The predicted molar refractivity (Wildman–Crippen MR) is 135 cm³/mol. The van der Waals surface area contributed by atoms with Crippen molar-refractivity contribution >= 4 is 12.0 Å². The molecule has 1 atom stereocenters. The number of hydrogen-bond acceptors (Lipinski definition) is 5.